The van der Waals surface area contributed by atoms with E-state index in [9.17, 15) is 9.59 Å². The van der Waals surface area contributed by atoms with E-state index in [2.05, 4.69) is 5.32 Å². The van der Waals surface area contributed by atoms with Crippen molar-refractivity contribution in [1.29, 1.82) is 0 Å². The molecule has 0 aromatic heterocycles. The summed E-state index contributed by atoms with van der Waals surface area (Å²) in [4.78, 5) is 26.5. The highest BCUT2D eigenvalue weighted by atomic mass is 16.2. The molecule has 124 valence electrons. The Morgan fingerprint density at radius 1 is 1.13 bits per heavy atom. The van der Waals surface area contributed by atoms with Crippen LogP contribution in [0.2, 0.25) is 0 Å². The van der Waals surface area contributed by atoms with Gasteiger partial charge in [0, 0.05) is 25.0 Å². The lowest BCUT2D eigenvalue weighted by Gasteiger charge is -2.34. The largest absolute Gasteiger partial charge is 0.351 e. The van der Waals surface area contributed by atoms with Gasteiger partial charge in [0.2, 0.25) is 11.8 Å². The van der Waals surface area contributed by atoms with Crippen LogP contribution in [0.5, 0.6) is 0 Å². The van der Waals surface area contributed by atoms with Gasteiger partial charge in [-0.3, -0.25) is 9.59 Å². The molecule has 2 fully saturated rings. The van der Waals surface area contributed by atoms with Crippen LogP contribution < -0.4 is 11.1 Å². The molecule has 2 amide bonds. The van der Waals surface area contributed by atoms with E-state index in [0.29, 0.717) is 5.91 Å². The molecule has 3 rings (SSSR count). The second-order valence-corrected chi connectivity index (χ2v) is 6.92. The van der Waals surface area contributed by atoms with Crippen molar-refractivity contribution in [3.63, 3.8) is 0 Å². The summed E-state index contributed by atoms with van der Waals surface area (Å²) in [7, 11) is 0. The Labute approximate surface area is 137 Å². The van der Waals surface area contributed by atoms with Gasteiger partial charge in [0.1, 0.15) is 5.54 Å². The molecule has 5 nitrogen and oxygen atoms in total. The topological polar surface area (TPSA) is 75.4 Å². The Balaban J connectivity index is 1.53. The smallest absolute Gasteiger partial charge is 0.244 e. The Kier molecular flexibility index (Phi) is 4.39. The summed E-state index contributed by atoms with van der Waals surface area (Å²) in [5.41, 5.74) is 6.01. The third-order valence-corrected chi connectivity index (χ3v) is 4.91. The van der Waals surface area contributed by atoms with Gasteiger partial charge in [-0.25, -0.2) is 0 Å². The summed E-state index contributed by atoms with van der Waals surface area (Å²) in [5.74, 6) is 0.407. The molecular weight excluding hydrogens is 290 g/mol. The van der Waals surface area contributed by atoms with Crippen LogP contribution in [0.3, 0.4) is 0 Å². The van der Waals surface area contributed by atoms with Crippen molar-refractivity contribution in [2.24, 2.45) is 11.7 Å². The second kappa shape index (κ2) is 6.32. The number of benzene rings is 1. The first-order chi connectivity index (χ1) is 11.0. The maximum absolute atomic E-state index is 12.6. The lowest BCUT2D eigenvalue weighted by atomic mass is 9.91. The molecule has 0 spiro atoms. The molecule has 23 heavy (non-hydrogen) atoms. The highest BCUT2D eigenvalue weighted by molar-refractivity contribution is 5.87. The Morgan fingerprint density at radius 3 is 2.30 bits per heavy atom. The minimum Gasteiger partial charge on any atom is -0.351 e. The molecule has 1 aliphatic heterocycles. The molecule has 0 bridgehead atoms. The highest BCUT2D eigenvalue weighted by Gasteiger charge is 2.36. The molecule has 2 aliphatic rings. The van der Waals surface area contributed by atoms with Gasteiger partial charge >= 0.3 is 0 Å². The van der Waals surface area contributed by atoms with E-state index in [-0.39, 0.29) is 17.9 Å². The van der Waals surface area contributed by atoms with Gasteiger partial charge in [-0.2, -0.15) is 0 Å². The predicted octanol–water partition coefficient (Wildman–Crippen LogP) is 1.38. The Morgan fingerprint density at radius 2 is 1.74 bits per heavy atom. The van der Waals surface area contributed by atoms with Crippen molar-refractivity contribution in [2.45, 2.75) is 44.2 Å². The van der Waals surface area contributed by atoms with Crippen LogP contribution in [-0.4, -0.2) is 35.8 Å². The van der Waals surface area contributed by atoms with Crippen molar-refractivity contribution in [1.82, 2.24) is 10.2 Å². The van der Waals surface area contributed by atoms with E-state index in [1.807, 2.05) is 35.2 Å². The number of nitrogens with two attached hydrogens (primary N) is 1. The maximum atomic E-state index is 12.6. The van der Waals surface area contributed by atoms with Crippen molar-refractivity contribution in [3.8, 4) is 0 Å². The minimum absolute atomic E-state index is 0.0948. The van der Waals surface area contributed by atoms with Crippen LogP contribution in [0.25, 0.3) is 0 Å². The second-order valence-electron chi connectivity index (χ2n) is 6.92. The quantitative estimate of drug-likeness (QED) is 0.881. The first kappa shape index (κ1) is 16.0. The number of carbonyl (C=O) groups excluding carboxylic acids is 2. The number of piperidine rings is 1. The predicted molar refractivity (Wildman–Crippen MR) is 88.5 cm³/mol. The summed E-state index contributed by atoms with van der Waals surface area (Å²) in [6.07, 6.45) is 3.68. The van der Waals surface area contributed by atoms with Crippen molar-refractivity contribution in [2.75, 3.05) is 13.1 Å². The first-order valence-electron chi connectivity index (χ1n) is 8.42. The van der Waals surface area contributed by atoms with Gasteiger partial charge in [0.15, 0.2) is 0 Å². The SMILES string of the molecule is CC(N)(C(=O)NC1CCN(C(=O)C2CC2)CC1)c1ccccc1. The van der Waals surface area contributed by atoms with Gasteiger partial charge in [-0.1, -0.05) is 30.3 Å². The fraction of sp³-hybridized carbons (Fsp3) is 0.556. The lowest BCUT2D eigenvalue weighted by Crippen LogP contribution is -2.54. The van der Waals surface area contributed by atoms with Crippen molar-refractivity contribution >= 4 is 11.8 Å². The van der Waals surface area contributed by atoms with Gasteiger partial charge in [0.25, 0.3) is 0 Å². The van der Waals surface area contributed by atoms with E-state index < -0.39 is 5.54 Å². The number of hydrogen-bond acceptors (Lipinski definition) is 3. The molecule has 1 unspecified atom stereocenters. The van der Waals surface area contributed by atoms with E-state index in [4.69, 9.17) is 5.73 Å². The van der Waals surface area contributed by atoms with E-state index in [1.54, 1.807) is 6.92 Å². The van der Waals surface area contributed by atoms with E-state index in [0.717, 1.165) is 44.3 Å². The third-order valence-electron chi connectivity index (χ3n) is 4.91. The van der Waals surface area contributed by atoms with E-state index in [1.165, 1.54) is 0 Å². The standard InChI is InChI=1S/C18H25N3O2/c1-18(19,14-5-3-2-4-6-14)17(23)20-15-9-11-21(12-10-15)16(22)13-7-8-13/h2-6,13,15H,7-12,19H2,1H3,(H,20,23). The number of likely N-dealkylation sites (tertiary alicyclic amines) is 1. The number of carbonyl (C=O) groups is 2. The van der Waals surface area contributed by atoms with Crippen LogP contribution in [0.1, 0.15) is 38.2 Å². The van der Waals surface area contributed by atoms with Crippen LogP contribution >= 0.6 is 0 Å². The molecule has 1 saturated heterocycles. The van der Waals surface area contributed by atoms with Crippen LogP contribution in [0.4, 0.5) is 0 Å². The molecule has 5 heteroatoms. The van der Waals surface area contributed by atoms with Gasteiger partial charge in [-0.05, 0) is 38.2 Å². The molecule has 3 N–H and O–H groups in total. The van der Waals surface area contributed by atoms with E-state index >= 15 is 0 Å². The van der Waals surface area contributed by atoms with Gasteiger partial charge < -0.3 is 16.0 Å². The zero-order valence-electron chi connectivity index (χ0n) is 13.6. The molecule has 1 aromatic rings. The monoisotopic (exact) mass is 315 g/mol. The fourth-order valence-corrected chi connectivity index (χ4v) is 3.08. The summed E-state index contributed by atoms with van der Waals surface area (Å²) in [5, 5.41) is 3.06. The molecule has 1 saturated carbocycles. The molecule has 1 heterocycles. The summed E-state index contributed by atoms with van der Waals surface area (Å²) < 4.78 is 0. The van der Waals surface area contributed by atoms with Crippen molar-refractivity contribution in [3.05, 3.63) is 35.9 Å². The zero-order valence-corrected chi connectivity index (χ0v) is 13.6. The Hall–Kier alpha value is -1.88. The van der Waals surface area contributed by atoms with Crippen LogP contribution in [0, 0.1) is 5.92 Å². The number of hydrogen-bond donors (Lipinski definition) is 2. The number of nitrogens with one attached hydrogen (secondary N) is 1. The maximum Gasteiger partial charge on any atom is 0.244 e. The summed E-state index contributed by atoms with van der Waals surface area (Å²) >= 11 is 0. The summed E-state index contributed by atoms with van der Waals surface area (Å²) in [6.45, 7) is 3.20. The fourth-order valence-electron chi connectivity index (χ4n) is 3.08. The van der Waals surface area contributed by atoms with Gasteiger partial charge in [-0.15, -0.1) is 0 Å². The van der Waals surface area contributed by atoms with Crippen molar-refractivity contribution < 1.29 is 9.59 Å². The number of nitrogens with zero attached hydrogens (tertiary/aromatic N) is 1. The average Bonchev–Trinajstić information content (AvgIpc) is 3.40. The highest BCUT2D eigenvalue weighted by Crippen LogP contribution is 2.32. The van der Waals surface area contributed by atoms with Crippen LogP contribution in [0.15, 0.2) is 30.3 Å². The average molecular weight is 315 g/mol. The minimum atomic E-state index is -1.04. The first-order valence-corrected chi connectivity index (χ1v) is 8.42. The molecule has 1 atom stereocenters. The molecule has 1 aromatic carbocycles. The Bertz CT molecular complexity index is 573. The summed E-state index contributed by atoms with van der Waals surface area (Å²) in [6, 6.07) is 9.51. The number of amides is 2. The van der Waals surface area contributed by atoms with Gasteiger partial charge in [0.05, 0.1) is 0 Å². The molecular formula is C18H25N3O2. The number of rotatable bonds is 4. The third kappa shape index (κ3) is 3.55. The zero-order chi connectivity index (χ0) is 16.4. The van der Waals surface area contributed by atoms with Crippen LogP contribution in [-0.2, 0) is 15.1 Å². The normalized spacial score (nSPS) is 21.6. The lowest BCUT2D eigenvalue weighted by molar-refractivity contribution is -0.133. The molecule has 1 aliphatic carbocycles. The molecule has 0 radical (unpaired) electrons.